The molecule has 2 aromatic rings. The highest BCUT2D eigenvalue weighted by Gasteiger charge is 2.19. The maximum atomic E-state index is 5.32. The van der Waals surface area contributed by atoms with Gasteiger partial charge in [0, 0.05) is 45.7 Å². The Hall–Kier alpha value is -2.06. The van der Waals surface area contributed by atoms with Gasteiger partial charge >= 0.3 is 0 Å². The van der Waals surface area contributed by atoms with E-state index in [4.69, 9.17) is 9.26 Å². The van der Waals surface area contributed by atoms with Crippen LogP contribution in [0, 0.1) is 0 Å². The minimum Gasteiger partial charge on any atom is -0.374 e. The topological polar surface area (TPSA) is 80.4 Å². The van der Waals surface area contributed by atoms with Crippen LogP contribution in [0.25, 0.3) is 0 Å². The van der Waals surface area contributed by atoms with Crippen LogP contribution in [0.3, 0.4) is 0 Å². The summed E-state index contributed by atoms with van der Waals surface area (Å²) in [5, 5.41) is 3.97. The van der Waals surface area contributed by atoms with Crippen molar-refractivity contribution in [3.8, 4) is 0 Å². The van der Waals surface area contributed by atoms with Crippen LogP contribution in [-0.4, -0.2) is 58.3 Å². The van der Waals surface area contributed by atoms with E-state index < -0.39 is 0 Å². The van der Waals surface area contributed by atoms with E-state index in [0.29, 0.717) is 18.3 Å². The molecule has 1 atom stereocenters. The molecule has 3 rings (SSSR count). The monoisotopic (exact) mass is 318 g/mol. The van der Waals surface area contributed by atoms with E-state index in [0.717, 1.165) is 38.5 Å². The van der Waals surface area contributed by atoms with Crippen molar-refractivity contribution < 1.29 is 9.26 Å². The fraction of sp³-hybridized carbons (Fsp3) is 0.600. The molecular weight excluding hydrogens is 296 g/mol. The van der Waals surface area contributed by atoms with Crippen LogP contribution in [0.2, 0.25) is 0 Å². The van der Waals surface area contributed by atoms with Gasteiger partial charge in [0.05, 0.1) is 6.54 Å². The lowest BCUT2D eigenvalue weighted by atomic mass is 10.3. The second-order valence-corrected chi connectivity index (χ2v) is 5.59. The number of hydrogen-bond acceptors (Lipinski definition) is 8. The van der Waals surface area contributed by atoms with Gasteiger partial charge < -0.3 is 14.2 Å². The third kappa shape index (κ3) is 4.02. The summed E-state index contributed by atoms with van der Waals surface area (Å²) in [6.07, 6.45) is 4.46. The molecule has 23 heavy (non-hydrogen) atoms. The van der Waals surface area contributed by atoms with Crippen LogP contribution in [-0.2, 0) is 11.3 Å². The summed E-state index contributed by atoms with van der Waals surface area (Å²) in [6, 6.07) is 1.84. The molecule has 0 saturated carbocycles. The summed E-state index contributed by atoms with van der Waals surface area (Å²) in [5.74, 6) is 2.02. The quantitative estimate of drug-likeness (QED) is 0.815. The first-order valence-corrected chi connectivity index (χ1v) is 7.86. The number of rotatable bonds is 5. The molecule has 1 unspecified atom stereocenters. The molecule has 0 amide bonds. The van der Waals surface area contributed by atoms with Crippen molar-refractivity contribution in [2.24, 2.45) is 0 Å². The van der Waals surface area contributed by atoms with Crippen molar-refractivity contribution in [3.63, 3.8) is 0 Å². The Labute approximate surface area is 135 Å². The van der Waals surface area contributed by atoms with Crippen molar-refractivity contribution >= 4 is 5.95 Å². The SMILES string of the molecule is COC(C)c1noc(CN2CCCN(c3ncccn3)CC2)n1. The fourth-order valence-corrected chi connectivity index (χ4v) is 2.58. The van der Waals surface area contributed by atoms with Gasteiger partial charge in [0.2, 0.25) is 11.8 Å². The molecule has 124 valence electrons. The van der Waals surface area contributed by atoms with Crippen LogP contribution in [0.5, 0.6) is 0 Å². The largest absolute Gasteiger partial charge is 0.374 e. The molecule has 3 heterocycles. The summed E-state index contributed by atoms with van der Waals surface area (Å²) in [6.45, 7) is 6.30. The van der Waals surface area contributed by atoms with Gasteiger partial charge in [0.15, 0.2) is 5.82 Å². The lowest BCUT2D eigenvalue weighted by Gasteiger charge is -2.20. The van der Waals surface area contributed by atoms with Gasteiger partial charge in [0.25, 0.3) is 0 Å². The molecule has 0 aliphatic carbocycles. The summed E-state index contributed by atoms with van der Waals surface area (Å²) in [7, 11) is 1.63. The minimum absolute atomic E-state index is 0.151. The predicted molar refractivity (Wildman–Crippen MR) is 83.9 cm³/mol. The lowest BCUT2D eigenvalue weighted by Crippen LogP contribution is -2.31. The first-order valence-electron chi connectivity index (χ1n) is 7.86. The maximum absolute atomic E-state index is 5.32. The van der Waals surface area contributed by atoms with Crippen molar-refractivity contribution in [1.29, 1.82) is 0 Å². The molecule has 1 aliphatic rings. The molecule has 0 spiro atoms. The van der Waals surface area contributed by atoms with Crippen LogP contribution >= 0.6 is 0 Å². The molecule has 1 fully saturated rings. The normalized spacial score (nSPS) is 17.9. The van der Waals surface area contributed by atoms with Gasteiger partial charge in [-0.05, 0) is 19.4 Å². The Morgan fingerprint density at radius 3 is 2.83 bits per heavy atom. The van der Waals surface area contributed by atoms with Crippen LogP contribution in [0.1, 0.15) is 31.2 Å². The molecule has 1 aliphatic heterocycles. The Bertz CT molecular complexity index is 605. The Kier molecular flexibility index (Phi) is 5.14. The molecule has 8 nitrogen and oxygen atoms in total. The van der Waals surface area contributed by atoms with E-state index in [1.54, 1.807) is 19.5 Å². The highest BCUT2D eigenvalue weighted by Crippen LogP contribution is 2.15. The summed E-state index contributed by atoms with van der Waals surface area (Å²) in [4.78, 5) is 17.6. The van der Waals surface area contributed by atoms with Crippen molar-refractivity contribution in [1.82, 2.24) is 25.0 Å². The zero-order valence-corrected chi connectivity index (χ0v) is 13.6. The van der Waals surface area contributed by atoms with E-state index >= 15 is 0 Å². The molecule has 8 heteroatoms. The molecular formula is C15H22N6O2. The molecule has 2 aromatic heterocycles. The average molecular weight is 318 g/mol. The number of hydrogen-bond donors (Lipinski definition) is 0. The van der Waals surface area contributed by atoms with Crippen molar-refractivity contribution in [2.45, 2.75) is 26.0 Å². The van der Waals surface area contributed by atoms with Crippen LogP contribution < -0.4 is 4.90 Å². The van der Waals surface area contributed by atoms with Gasteiger partial charge in [-0.1, -0.05) is 5.16 Å². The third-order valence-electron chi connectivity index (χ3n) is 3.98. The zero-order chi connectivity index (χ0) is 16.1. The van der Waals surface area contributed by atoms with Crippen LogP contribution in [0.15, 0.2) is 23.0 Å². The van der Waals surface area contributed by atoms with E-state index in [2.05, 4.69) is 29.9 Å². The maximum Gasteiger partial charge on any atom is 0.240 e. The summed E-state index contributed by atoms with van der Waals surface area (Å²) >= 11 is 0. The zero-order valence-electron chi connectivity index (χ0n) is 13.6. The average Bonchev–Trinajstić information content (AvgIpc) is 2.93. The van der Waals surface area contributed by atoms with E-state index in [-0.39, 0.29) is 6.10 Å². The first-order chi connectivity index (χ1) is 11.3. The summed E-state index contributed by atoms with van der Waals surface area (Å²) < 4.78 is 10.5. The number of anilines is 1. The standard InChI is InChI=1S/C15H22N6O2/c1-12(22-2)14-18-13(23-19-14)11-20-7-4-8-21(10-9-20)15-16-5-3-6-17-15/h3,5-6,12H,4,7-11H2,1-2H3. The van der Waals surface area contributed by atoms with E-state index in [9.17, 15) is 0 Å². The van der Waals surface area contributed by atoms with E-state index in [1.165, 1.54) is 0 Å². The molecule has 0 bridgehead atoms. The number of nitrogens with zero attached hydrogens (tertiary/aromatic N) is 6. The van der Waals surface area contributed by atoms with Gasteiger partial charge in [0.1, 0.15) is 6.10 Å². The lowest BCUT2D eigenvalue weighted by molar-refractivity contribution is 0.109. The van der Waals surface area contributed by atoms with Gasteiger partial charge in [-0.25, -0.2) is 9.97 Å². The highest BCUT2D eigenvalue weighted by molar-refractivity contribution is 5.28. The summed E-state index contributed by atoms with van der Waals surface area (Å²) in [5.41, 5.74) is 0. The number of ether oxygens (including phenoxy) is 1. The van der Waals surface area contributed by atoms with Crippen molar-refractivity contribution in [2.75, 3.05) is 38.2 Å². The Morgan fingerprint density at radius 2 is 2.04 bits per heavy atom. The fourth-order valence-electron chi connectivity index (χ4n) is 2.58. The second-order valence-electron chi connectivity index (χ2n) is 5.59. The Morgan fingerprint density at radius 1 is 1.22 bits per heavy atom. The molecule has 0 N–H and O–H groups in total. The number of aromatic nitrogens is 4. The molecule has 1 saturated heterocycles. The molecule has 0 aromatic carbocycles. The van der Waals surface area contributed by atoms with E-state index in [1.807, 2.05) is 13.0 Å². The van der Waals surface area contributed by atoms with Gasteiger partial charge in [-0.2, -0.15) is 4.98 Å². The van der Waals surface area contributed by atoms with Crippen molar-refractivity contribution in [3.05, 3.63) is 30.2 Å². The highest BCUT2D eigenvalue weighted by atomic mass is 16.5. The minimum atomic E-state index is -0.151. The molecule has 0 radical (unpaired) electrons. The Balaban J connectivity index is 1.57. The third-order valence-corrected chi connectivity index (χ3v) is 3.98. The smallest absolute Gasteiger partial charge is 0.240 e. The van der Waals surface area contributed by atoms with Gasteiger partial charge in [-0.3, -0.25) is 4.90 Å². The first kappa shape index (κ1) is 15.8. The van der Waals surface area contributed by atoms with Gasteiger partial charge in [-0.15, -0.1) is 0 Å². The number of methoxy groups -OCH3 is 1. The second kappa shape index (κ2) is 7.47. The predicted octanol–water partition coefficient (Wildman–Crippen LogP) is 1.28. The van der Waals surface area contributed by atoms with Crippen LogP contribution in [0.4, 0.5) is 5.95 Å².